The molecule has 3 nitrogen and oxygen atoms in total. The van der Waals surface area contributed by atoms with Crippen LogP contribution in [0.5, 0.6) is 0 Å². The number of pyridine rings is 1. The van der Waals surface area contributed by atoms with E-state index in [1.807, 2.05) is 12.3 Å². The summed E-state index contributed by atoms with van der Waals surface area (Å²) in [5.74, 6) is 0. The van der Waals surface area contributed by atoms with E-state index in [0.29, 0.717) is 0 Å². The molecule has 0 saturated carbocycles. The van der Waals surface area contributed by atoms with Gasteiger partial charge in [-0.25, -0.2) is 0 Å². The molecular formula is C14H23N3. The Morgan fingerprint density at radius 3 is 2.94 bits per heavy atom. The molecule has 0 amide bonds. The summed E-state index contributed by atoms with van der Waals surface area (Å²) in [6.07, 6.45) is 4.96. The smallest absolute Gasteiger partial charge is 0.0562 e. The normalized spacial score (nSPS) is 10.2. The van der Waals surface area contributed by atoms with Crippen LogP contribution in [0.4, 0.5) is 5.69 Å². The Morgan fingerprint density at radius 1 is 1.47 bits per heavy atom. The molecule has 0 spiro atoms. The predicted octanol–water partition coefficient (Wildman–Crippen LogP) is 2.59. The van der Waals surface area contributed by atoms with Crippen molar-refractivity contribution in [2.24, 2.45) is 0 Å². The van der Waals surface area contributed by atoms with Crippen molar-refractivity contribution >= 4 is 5.69 Å². The average Bonchev–Trinajstić information content (AvgIpc) is 2.36. The lowest BCUT2D eigenvalue weighted by molar-refractivity contribution is 0.664. The highest BCUT2D eigenvalue weighted by Gasteiger charge is 2.03. The summed E-state index contributed by atoms with van der Waals surface area (Å²) < 4.78 is 0. The minimum atomic E-state index is 0.841. The molecule has 0 fully saturated rings. The van der Waals surface area contributed by atoms with Gasteiger partial charge in [0.25, 0.3) is 0 Å². The van der Waals surface area contributed by atoms with Crippen molar-refractivity contribution in [3.63, 3.8) is 0 Å². The highest BCUT2D eigenvalue weighted by Crippen LogP contribution is 2.14. The van der Waals surface area contributed by atoms with Gasteiger partial charge >= 0.3 is 0 Å². The Kier molecular flexibility index (Phi) is 6.33. The van der Waals surface area contributed by atoms with Crippen LogP contribution in [0, 0.1) is 0 Å². The maximum Gasteiger partial charge on any atom is 0.0562 e. The molecule has 0 radical (unpaired) electrons. The number of likely N-dealkylation sites (N-methyl/N-ethyl adjacent to an activating group) is 1. The van der Waals surface area contributed by atoms with Crippen molar-refractivity contribution in [3.05, 3.63) is 36.7 Å². The highest BCUT2D eigenvalue weighted by atomic mass is 15.1. The minimum Gasteiger partial charge on any atom is -0.368 e. The summed E-state index contributed by atoms with van der Waals surface area (Å²) >= 11 is 0. The van der Waals surface area contributed by atoms with Gasteiger partial charge in [0.1, 0.15) is 0 Å². The molecule has 0 aromatic carbocycles. The van der Waals surface area contributed by atoms with Crippen LogP contribution in [0.25, 0.3) is 0 Å². The number of nitrogens with zero attached hydrogens (tertiary/aromatic N) is 2. The van der Waals surface area contributed by atoms with E-state index in [9.17, 15) is 0 Å². The molecule has 0 atom stereocenters. The lowest BCUT2D eigenvalue weighted by atomic mass is 10.2. The third-order valence-corrected chi connectivity index (χ3v) is 2.63. The maximum atomic E-state index is 4.37. The zero-order valence-electron chi connectivity index (χ0n) is 10.9. The summed E-state index contributed by atoms with van der Waals surface area (Å²) in [6.45, 7) is 11.8. The van der Waals surface area contributed by atoms with Crippen molar-refractivity contribution in [1.29, 1.82) is 0 Å². The number of nitrogens with one attached hydrogen (secondary N) is 1. The van der Waals surface area contributed by atoms with Crippen LogP contribution in [0.15, 0.2) is 31.0 Å². The van der Waals surface area contributed by atoms with Gasteiger partial charge in [0.05, 0.1) is 5.69 Å². The van der Waals surface area contributed by atoms with Gasteiger partial charge in [-0.15, -0.1) is 6.58 Å². The van der Waals surface area contributed by atoms with E-state index in [4.69, 9.17) is 0 Å². The second kappa shape index (κ2) is 7.85. The molecule has 1 aromatic heterocycles. The molecule has 1 aromatic rings. The molecule has 0 unspecified atom stereocenters. The van der Waals surface area contributed by atoms with Crippen molar-refractivity contribution in [3.8, 4) is 0 Å². The molecule has 0 saturated heterocycles. The zero-order chi connectivity index (χ0) is 12.5. The molecular weight excluding hydrogens is 210 g/mol. The Morgan fingerprint density at radius 2 is 2.29 bits per heavy atom. The van der Waals surface area contributed by atoms with Crippen LogP contribution >= 0.6 is 0 Å². The van der Waals surface area contributed by atoms with Crippen LogP contribution in [-0.2, 0) is 6.54 Å². The lowest BCUT2D eigenvalue weighted by Gasteiger charge is -2.21. The van der Waals surface area contributed by atoms with Crippen molar-refractivity contribution in [1.82, 2.24) is 10.3 Å². The quantitative estimate of drug-likeness (QED) is 0.552. The molecule has 0 aliphatic rings. The minimum absolute atomic E-state index is 0.841. The molecule has 3 heteroatoms. The van der Waals surface area contributed by atoms with E-state index in [1.54, 1.807) is 0 Å². The standard InChI is InChI=1S/C14H23N3/c1-4-8-15-12-13-11-14(7-9-16-13)17(6-3)10-5-2/h5,7,9,11,15H,2,4,6,8,10,12H2,1,3H3. The fraction of sp³-hybridized carbons (Fsp3) is 0.500. The van der Waals surface area contributed by atoms with Gasteiger partial charge in [-0.2, -0.15) is 0 Å². The van der Waals surface area contributed by atoms with E-state index in [-0.39, 0.29) is 0 Å². The number of anilines is 1. The summed E-state index contributed by atoms with van der Waals surface area (Å²) in [7, 11) is 0. The van der Waals surface area contributed by atoms with Gasteiger partial charge in [-0.3, -0.25) is 4.98 Å². The molecule has 1 rings (SSSR count). The van der Waals surface area contributed by atoms with E-state index < -0.39 is 0 Å². The first-order valence-electron chi connectivity index (χ1n) is 6.33. The first-order chi connectivity index (χ1) is 8.31. The zero-order valence-corrected chi connectivity index (χ0v) is 10.9. The molecule has 1 N–H and O–H groups in total. The van der Waals surface area contributed by atoms with Crippen molar-refractivity contribution < 1.29 is 0 Å². The lowest BCUT2D eigenvalue weighted by Crippen LogP contribution is -2.23. The monoisotopic (exact) mass is 233 g/mol. The van der Waals surface area contributed by atoms with Crippen LogP contribution in [0.2, 0.25) is 0 Å². The van der Waals surface area contributed by atoms with E-state index in [1.165, 1.54) is 5.69 Å². The van der Waals surface area contributed by atoms with E-state index in [2.05, 4.69) is 47.8 Å². The Hall–Kier alpha value is -1.35. The molecule has 0 aliphatic carbocycles. The fourth-order valence-corrected chi connectivity index (χ4v) is 1.72. The molecule has 1 heterocycles. The van der Waals surface area contributed by atoms with E-state index in [0.717, 1.165) is 38.3 Å². The highest BCUT2D eigenvalue weighted by molar-refractivity contribution is 5.46. The van der Waals surface area contributed by atoms with E-state index >= 15 is 0 Å². The van der Waals surface area contributed by atoms with Crippen LogP contribution in [-0.4, -0.2) is 24.6 Å². The first-order valence-corrected chi connectivity index (χ1v) is 6.33. The average molecular weight is 233 g/mol. The number of hydrogen-bond acceptors (Lipinski definition) is 3. The van der Waals surface area contributed by atoms with Crippen LogP contribution in [0.1, 0.15) is 26.0 Å². The Balaban J connectivity index is 2.66. The number of hydrogen-bond donors (Lipinski definition) is 1. The molecule has 0 bridgehead atoms. The van der Waals surface area contributed by atoms with Crippen LogP contribution < -0.4 is 10.2 Å². The first kappa shape index (κ1) is 13.7. The third-order valence-electron chi connectivity index (χ3n) is 2.63. The van der Waals surface area contributed by atoms with Gasteiger partial charge in [0.15, 0.2) is 0 Å². The van der Waals surface area contributed by atoms with Gasteiger partial charge in [-0.05, 0) is 32.0 Å². The largest absolute Gasteiger partial charge is 0.368 e. The maximum absolute atomic E-state index is 4.37. The fourth-order valence-electron chi connectivity index (χ4n) is 1.72. The second-order valence-corrected chi connectivity index (χ2v) is 4.01. The number of rotatable bonds is 8. The van der Waals surface area contributed by atoms with Crippen LogP contribution in [0.3, 0.4) is 0 Å². The summed E-state index contributed by atoms with van der Waals surface area (Å²) in [5, 5.41) is 3.37. The van der Waals surface area contributed by atoms with Gasteiger partial charge in [-0.1, -0.05) is 13.0 Å². The Bertz CT molecular complexity index is 336. The molecule has 0 aliphatic heterocycles. The summed E-state index contributed by atoms with van der Waals surface area (Å²) in [5.41, 5.74) is 2.31. The van der Waals surface area contributed by atoms with Crippen molar-refractivity contribution in [2.45, 2.75) is 26.8 Å². The van der Waals surface area contributed by atoms with Crippen molar-refractivity contribution in [2.75, 3.05) is 24.5 Å². The predicted molar refractivity (Wildman–Crippen MR) is 74.3 cm³/mol. The SMILES string of the molecule is C=CCN(CC)c1ccnc(CNCCC)c1. The summed E-state index contributed by atoms with van der Waals surface area (Å²) in [4.78, 5) is 6.65. The number of aromatic nitrogens is 1. The van der Waals surface area contributed by atoms with Gasteiger partial charge < -0.3 is 10.2 Å². The molecule has 17 heavy (non-hydrogen) atoms. The molecule has 94 valence electrons. The Labute approximate surface area is 105 Å². The van der Waals surface area contributed by atoms with Gasteiger partial charge in [0.2, 0.25) is 0 Å². The topological polar surface area (TPSA) is 28.2 Å². The second-order valence-electron chi connectivity index (χ2n) is 4.01. The van der Waals surface area contributed by atoms with Gasteiger partial charge in [0, 0.05) is 31.5 Å². The third kappa shape index (κ3) is 4.57. The summed E-state index contributed by atoms with van der Waals surface area (Å²) in [6, 6.07) is 4.20.